The summed E-state index contributed by atoms with van der Waals surface area (Å²) in [6, 6.07) is 56.2. The highest BCUT2D eigenvalue weighted by molar-refractivity contribution is 6.45. The van der Waals surface area contributed by atoms with E-state index in [2.05, 4.69) is 104 Å². The van der Waals surface area contributed by atoms with Crippen LogP contribution in [0.1, 0.15) is 256 Å². The summed E-state index contributed by atoms with van der Waals surface area (Å²) >= 11 is 0. The summed E-state index contributed by atoms with van der Waals surface area (Å²) in [5, 5.41) is 23.9. The second-order valence-corrected chi connectivity index (χ2v) is 37.4. The SMILES string of the molecule is CCOc1cccc(C(=O)C(=O)NC)c1COc1cc(C)c(C)cc1C.CCc1cccc(C(=O)C(=O)NC)c1COc1cc(C)c(C)cc1C.CNC(=O)C(=O)c1cccc(C)c1COc1cc(C)c(C)cc1C.CNC(=O)C(=O)c1cccc(C)c1COc1cc(C)c(C)cc1C.CNC(=O)C(=O)c1cccc(C2CC2)c1COc1cc(C)c(C)cc1C.CNC(=O)C(=O)c1cccc(CO)c1COc1cc(C)c(C)cc1C. The normalized spacial score (nSPS) is 10.9. The van der Waals surface area contributed by atoms with Crippen LogP contribution in [-0.4, -0.2) is 124 Å². The van der Waals surface area contributed by atoms with Crippen molar-refractivity contribution in [3.8, 4) is 40.2 Å². The molecule has 12 aromatic carbocycles. The van der Waals surface area contributed by atoms with Crippen LogP contribution in [0, 0.1) is 138 Å². The van der Waals surface area contributed by atoms with Crippen molar-refractivity contribution in [2.45, 2.75) is 224 Å². The van der Waals surface area contributed by atoms with E-state index < -0.39 is 70.1 Å². The maximum absolute atomic E-state index is 12.5. The molecule has 790 valence electrons. The molecule has 0 saturated heterocycles. The Labute approximate surface area is 882 Å². The van der Waals surface area contributed by atoms with Crippen molar-refractivity contribution in [1.29, 1.82) is 0 Å². The predicted molar refractivity (Wildman–Crippen MR) is 587 cm³/mol. The Morgan fingerprint density at radius 2 is 0.447 bits per heavy atom. The van der Waals surface area contributed by atoms with Crippen LogP contribution < -0.4 is 65.1 Å². The maximum Gasteiger partial charge on any atom is 0.292 e. The smallest absolute Gasteiger partial charge is 0.292 e. The highest BCUT2D eigenvalue weighted by atomic mass is 16.5. The summed E-state index contributed by atoms with van der Waals surface area (Å²) in [7, 11) is 8.67. The van der Waals surface area contributed by atoms with Crippen LogP contribution in [0.3, 0.4) is 0 Å². The van der Waals surface area contributed by atoms with Crippen LogP contribution in [0.2, 0.25) is 0 Å². The highest BCUT2D eigenvalue weighted by Gasteiger charge is 2.32. The minimum Gasteiger partial charge on any atom is -0.493 e. The van der Waals surface area contributed by atoms with Crippen LogP contribution in [0.4, 0.5) is 0 Å². The zero-order valence-corrected chi connectivity index (χ0v) is 91.9. The van der Waals surface area contributed by atoms with Gasteiger partial charge >= 0.3 is 0 Å². The Hall–Kier alpha value is -16.0. The van der Waals surface area contributed by atoms with E-state index in [1.54, 1.807) is 78.9 Å². The molecule has 1 aliphatic rings. The third kappa shape index (κ3) is 31.6. The molecule has 150 heavy (non-hydrogen) atoms. The molecule has 12 aromatic rings. The number of hydrogen-bond acceptors (Lipinski definition) is 20. The van der Waals surface area contributed by atoms with E-state index >= 15 is 0 Å². The molecule has 1 fully saturated rings. The molecule has 0 spiro atoms. The van der Waals surface area contributed by atoms with Crippen molar-refractivity contribution < 1.29 is 95.8 Å². The molecule has 26 nitrogen and oxygen atoms in total. The minimum atomic E-state index is -0.696. The Morgan fingerprint density at radius 1 is 0.233 bits per heavy atom. The van der Waals surface area contributed by atoms with Gasteiger partial charge in [0, 0.05) is 109 Å². The van der Waals surface area contributed by atoms with Gasteiger partial charge in [-0.3, -0.25) is 57.5 Å². The largest absolute Gasteiger partial charge is 0.493 e. The first-order chi connectivity index (χ1) is 71.3. The van der Waals surface area contributed by atoms with Crippen LogP contribution in [-0.2, 0) is 81.4 Å². The molecule has 0 radical (unpaired) electrons. The van der Waals surface area contributed by atoms with Crippen molar-refractivity contribution in [2.75, 3.05) is 48.9 Å². The molecular formula is C124H144N6O20. The van der Waals surface area contributed by atoms with Crippen molar-refractivity contribution in [3.63, 3.8) is 0 Å². The first-order valence-corrected chi connectivity index (χ1v) is 50.0. The second-order valence-electron chi connectivity index (χ2n) is 37.4. The molecule has 6 amide bonds. The molecule has 0 atom stereocenters. The Balaban J connectivity index is 0.000000219. The third-order valence-electron chi connectivity index (χ3n) is 26.6. The number of aryl methyl sites for hydroxylation is 21. The number of rotatable bonds is 35. The van der Waals surface area contributed by atoms with Crippen LogP contribution >= 0.6 is 0 Å². The van der Waals surface area contributed by atoms with Crippen molar-refractivity contribution in [2.24, 2.45) is 0 Å². The average molecular weight is 2040 g/mol. The molecule has 1 aliphatic carbocycles. The van der Waals surface area contributed by atoms with Crippen molar-refractivity contribution in [3.05, 3.63) is 377 Å². The van der Waals surface area contributed by atoms with Gasteiger partial charge in [-0.05, 0) is 341 Å². The molecule has 13 rings (SSSR count). The average Bonchev–Trinajstić information content (AvgIpc) is 1.64. The van der Waals surface area contributed by atoms with Gasteiger partial charge in [-0.15, -0.1) is 0 Å². The molecule has 0 heterocycles. The molecular weight excluding hydrogens is 1890 g/mol. The molecule has 26 heteroatoms. The Kier molecular flexibility index (Phi) is 44.7. The van der Waals surface area contributed by atoms with Gasteiger partial charge in [-0.25, -0.2) is 0 Å². The Morgan fingerprint density at radius 3 is 0.707 bits per heavy atom. The molecule has 7 N–H and O–H groups in total. The van der Waals surface area contributed by atoms with Crippen molar-refractivity contribution in [1.82, 2.24) is 31.9 Å². The summed E-state index contributed by atoms with van der Waals surface area (Å²) in [6.45, 7) is 45.7. The number of aliphatic hydroxyl groups is 1. The van der Waals surface area contributed by atoms with Gasteiger partial charge in [0.15, 0.2) is 0 Å². The minimum absolute atomic E-state index is 0.0954. The monoisotopic (exact) mass is 2040 g/mol. The summed E-state index contributed by atoms with van der Waals surface area (Å²) in [4.78, 5) is 145. The molecule has 0 aromatic heterocycles. The molecule has 0 aliphatic heterocycles. The van der Waals surface area contributed by atoms with Crippen molar-refractivity contribution >= 4 is 70.1 Å². The summed E-state index contributed by atoms with van der Waals surface area (Å²) in [5.41, 5.74) is 31.2. The fourth-order valence-electron chi connectivity index (χ4n) is 16.6. The number of carbonyl (C=O) groups excluding carboxylic acids is 12. The van der Waals surface area contributed by atoms with E-state index in [1.807, 2.05) is 184 Å². The summed E-state index contributed by atoms with van der Waals surface area (Å²) in [6.07, 6.45) is 3.00. The summed E-state index contributed by atoms with van der Waals surface area (Å²) in [5.74, 6) is -1.52. The number of hydrogen-bond donors (Lipinski definition) is 7. The molecule has 0 bridgehead atoms. The topological polar surface area (TPSA) is 362 Å². The quantitative estimate of drug-likeness (QED) is 0.0143. The number of likely N-dealkylation sites (N-methyl/N-ethyl adjacent to an activating group) is 6. The molecule has 0 unspecified atom stereocenters. The lowest BCUT2D eigenvalue weighted by atomic mass is 9.95. The van der Waals surface area contributed by atoms with Crippen LogP contribution in [0.25, 0.3) is 0 Å². The van der Waals surface area contributed by atoms with Gasteiger partial charge in [0.05, 0.1) is 13.2 Å². The number of amides is 6. The Bertz CT molecular complexity index is 6770. The number of carbonyl (C=O) groups is 12. The first kappa shape index (κ1) is 119. The standard InChI is InChI=1S/C22H25NO3.C21H25NO4.C21H25NO3.C20H23NO4.2C20H23NO3/c1-13-10-15(3)20(11-14(13)2)26-12-19-17(16-8-9-16)6-5-7-18(19)21(24)22(25)23-4;1-6-25-18-9-7-8-16(20(23)21(24)22-5)17(18)12-26-19-11-14(3)13(2)10-15(19)4;1-6-16-8-7-9-17(20(23)21(24)22-5)18(16)12-25-19-11-14(3)13(2)10-15(19)4;1-12-8-14(3)18(9-13(12)2)25-11-17-15(10-22)6-5-7-16(17)19(23)20(24)21-4;2*1-12-7-6-8-16(19(22)20(23)21-5)17(12)11-24-18-10-14(3)13(2)9-15(18)4/h5-7,10-11,16H,8-9,12H2,1-4H3,(H,23,25);7-11H,6,12H2,1-5H3,(H,22,24);7-11H,6,12H2,1-5H3,(H,22,24);5-9,22H,10-11H2,1-4H3,(H,21,24);2*6-10H,11H2,1-5H3,(H,21,23). The van der Waals surface area contributed by atoms with Crippen LogP contribution in [0.5, 0.6) is 40.2 Å². The maximum atomic E-state index is 12.5. The van der Waals surface area contributed by atoms with Gasteiger partial charge in [-0.1, -0.05) is 146 Å². The van der Waals surface area contributed by atoms with E-state index in [0.717, 1.165) is 154 Å². The number of Topliss-reactive ketones (excluding diaryl/α,β-unsaturated/α-hetero) is 6. The lowest BCUT2D eigenvalue weighted by Crippen LogP contribution is -2.28. The molecule has 1 saturated carbocycles. The first-order valence-electron chi connectivity index (χ1n) is 50.0. The van der Waals surface area contributed by atoms with Gasteiger partial charge in [0.25, 0.3) is 70.1 Å². The fourth-order valence-corrected chi connectivity index (χ4v) is 16.6. The number of nitrogens with one attached hydrogen (secondary N) is 6. The number of ketones is 6. The van der Waals surface area contributed by atoms with Crippen LogP contribution in [0.15, 0.2) is 182 Å². The number of aliphatic hydroxyl groups excluding tert-OH is 1. The van der Waals surface area contributed by atoms with Gasteiger partial charge < -0.3 is 70.2 Å². The summed E-state index contributed by atoms with van der Waals surface area (Å²) < 4.78 is 41.6. The number of ether oxygens (including phenoxy) is 7. The van der Waals surface area contributed by atoms with Gasteiger partial charge in [0.2, 0.25) is 0 Å². The van der Waals surface area contributed by atoms with E-state index in [1.165, 1.54) is 81.2 Å². The third-order valence-corrected chi connectivity index (χ3v) is 26.6. The zero-order valence-electron chi connectivity index (χ0n) is 91.9. The lowest BCUT2D eigenvalue weighted by molar-refractivity contribution is -0.117. The van der Waals surface area contributed by atoms with E-state index in [0.29, 0.717) is 63.0 Å². The lowest BCUT2D eigenvalue weighted by Gasteiger charge is -2.16. The second kappa shape index (κ2) is 56.3. The fraction of sp³-hybridized carbons (Fsp3) is 0.323. The van der Waals surface area contributed by atoms with E-state index in [-0.39, 0.29) is 57.4 Å². The predicted octanol–water partition coefficient (Wildman–Crippen LogP) is 20.7. The van der Waals surface area contributed by atoms with Gasteiger partial charge in [0.1, 0.15) is 79.9 Å². The number of benzene rings is 12. The van der Waals surface area contributed by atoms with E-state index in [4.69, 9.17) is 33.2 Å². The van der Waals surface area contributed by atoms with Gasteiger partial charge in [-0.2, -0.15) is 0 Å². The highest BCUT2D eigenvalue weighted by Crippen LogP contribution is 2.43. The van der Waals surface area contributed by atoms with E-state index in [9.17, 15) is 62.6 Å². The zero-order chi connectivity index (χ0) is 111.